The van der Waals surface area contributed by atoms with Gasteiger partial charge in [-0.25, -0.2) is 4.98 Å². The van der Waals surface area contributed by atoms with E-state index in [2.05, 4.69) is 48.1 Å². The summed E-state index contributed by atoms with van der Waals surface area (Å²) in [6.45, 7) is 9.68. The van der Waals surface area contributed by atoms with E-state index < -0.39 is 0 Å². The lowest BCUT2D eigenvalue weighted by Gasteiger charge is -2.36. The number of piperazine rings is 1. The first-order valence-electron chi connectivity index (χ1n) is 9.38. The number of nitrogens with zero attached hydrogens (tertiary/aromatic N) is 4. The Morgan fingerprint density at radius 2 is 1.96 bits per heavy atom. The lowest BCUT2D eigenvalue weighted by atomic mass is 10.1. The molecule has 8 heteroatoms. The average molecular weight is 428 g/mol. The van der Waals surface area contributed by atoms with Crippen LogP contribution in [-0.4, -0.2) is 52.6 Å². The number of carbonyl (C=O) groups is 1. The zero-order valence-electron chi connectivity index (χ0n) is 17.0. The number of halogens is 2. The molecule has 2 aromatic rings. The second kappa shape index (κ2) is 10.7. The molecule has 1 saturated heterocycles. The number of nitrogens with one attached hydrogen (secondary N) is 1. The number of amides is 1. The molecule has 0 saturated carbocycles. The fraction of sp³-hybridized carbons (Fsp3) is 0.500. The van der Waals surface area contributed by atoms with Gasteiger partial charge in [-0.3, -0.25) is 4.79 Å². The molecule has 6 nitrogen and oxygen atoms in total. The Balaban J connectivity index is 0.00000196. The standard InChI is InChI=1S/C20H29N5O.2ClH/c1-5-24(15(2)3)17-8-6-16(7-9-17)20(26)25-13-10-21-14-18(25)19-22-11-12-23(19)4;;/h6-9,11-12,15,18,21H,5,10,13-14H2,1-4H3;2*1H. The summed E-state index contributed by atoms with van der Waals surface area (Å²) in [5, 5.41) is 3.38. The molecule has 1 aromatic carbocycles. The van der Waals surface area contributed by atoms with Crippen LogP contribution in [0.25, 0.3) is 0 Å². The fourth-order valence-corrected chi connectivity index (χ4v) is 3.68. The van der Waals surface area contributed by atoms with Gasteiger partial charge in [0.2, 0.25) is 0 Å². The van der Waals surface area contributed by atoms with Gasteiger partial charge in [-0.05, 0) is 45.0 Å². The number of rotatable bonds is 5. The smallest absolute Gasteiger partial charge is 0.254 e. The SMILES string of the molecule is CCN(c1ccc(C(=O)N2CCNCC2c2nccn2C)cc1)C(C)C.Cl.Cl. The number of hydrogen-bond acceptors (Lipinski definition) is 4. The molecule has 2 heterocycles. The van der Waals surface area contributed by atoms with Crippen molar-refractivity contribution in [2.75, 3.05) is 31.1 Å². The Kier molecular flexibility index (Phi) is 9.27. The highest BCUT2D eigenvalue weighted by atomic mass is 35.5. The van der Waals surface area contributed by atoms with E-state index in [9.17, 15) is 4.79 Å². The van der Waals surface area contributed by atoms with Gasteiger partial charge in [0.05, 0.1) is 0 Å². The zero-order valence-corrected chi connectivity index (χ0v) is 18.6. The van der Waals surface area contributed by atoms with E-state index in [4.69, 9.17) is 0 Å². The van der Waals surface area contributed by atoms with Crippen LogP contribution < -0.4 is 10.2 Å². The average Bonchev–Trinajstić information content (AvgIpc) is 3.08. The molecule has 0 aliphatic carbocycles. The number of aryl methyl sites for hydroxylation is 1. The second-order valence-corrected chi connectivity index (χ2v) is 7.04. The van der Waals surface area contributed by atoms with Crippen molar-refractivity contribution in [1.29, 1.82) is 0 Å². The number of imidazole rings is 1. The maximum Gasteiger partial charge on any atom is 0.254 e. The largest absolute Gasteiger partial charge is 0.369 e. The molecule has 1 atom stereocenters. The van der Waals surface area contributed by atoms with Crippen LogP contribution in [0.3, 0.4) is 0 Å². The van der Waals surface area contributed by atoms with E-state index in [-0.39, 0.29) is 36.8 Å². The summed E-state index contributed by atoms with van der Waals surface area (Å²) in [6.07, 6.45) is 3.71. The first kappa shape index (κ1) is 24.3. The first-order chi connectivity index (χ1) is 12.5. The summed E-state index contributed by atoms with van der Waals surface area (Å²) in [7, 11) is 1.97. The molecule has 28 heavy (non-hydrogen) atoms. The Hall–Kier alpha value is -1.76. The van der Waals surface area contributed by atoms with Gasteiger partial charge in [0.25, 0.3) is 5.91 Å². The molecule has 0 spiro atoms. The van der Waals surface area contributed by atoms with Crippen molar-refractivity contribution in [2.45, 2.75) is 32.9 Å². The van der Waals surface area contributed by atoms with Gasteiger partial charge >= 0.3 is 0 Å². The summed E-state index contributed by atoms with van der Waals surface area (Å²) in [5.74, 6) is 0.984. The summed E-state index contributed by atoms with van der Waals surface area (Å²) in [4.78, 5) is 21.9. The number of anilines is 1. The van der Waals surface area contributed by atoms with Crippen molar-refractivity contribution in [2.24, 2.45) is 7.05 Å². The van der Waals surface area contributed by atoms with Gasteiger partial charge in [0, 0.05) is 62.9 Å². The van der Waals surface area contributed by atoms with Crippen LogP contribution in [0.2, 0.25) is 0 Å². The van der Waals surface area contributed by atoms with Crippen LogP contribution >= 0.6 is 24.8 Å². The molecular formula is C20H31Cl2N5O. The number of aromatic nitrogens is 2. The molecule has 1 aliphatic heterocycles. The maximum absolute atomic E-state index is 13.1. The molecule has 1 aromatic heterocycles. The minimum Gasteiger partial charge on any atom is -0.369 e. The Morgan fingerprint density at radius 1 is 1.29 bits per heavy atom. The van der Waals surface area contributed by atoms with Crippen LogP contribution in [0.5, 0.6) is 0 Å². The van der Waals surface area contributed by atoms with Crippen LogP contribution in [0.15, 0.2) is 36.7 Å². The highest BCUT2D eigenvalue weighted by Crippen LogP contribution is 2.24. The zero-order chi connectivity index (χ0) is 18.7. The van der Waals surface area contributed by atoms with Gasteiger partial charge in [-0.2, -0.15) is 0 Å². The first-order valence-corrected chi connectivity index (χ1v) is 9.38. The number of benzene rings is 1. The van der Waals surface area contributed by atoms with Crippen LogP contribution in [0.1, 0.15) is 43.0 Å². The molecule has 1 fully saturated rings. The second-order valence-electron chi connectivity index (χ2n) is 7.04. The molecule has 0 bridgehead atoms. The molecule has 156 valence electrons. The topological polar surface area (TPSA) is 53.4 Å². The van der Waals surface area contributed by atoms with Crippen LogP contribution in [0, 0.1) is 0 Å². The van der Waals surface area contributed by atoms with E-state index in [0.717, 1.165) is 36.7 Å². The minimum absolute atomic E-state index is 0. The molecule has 1 unspecified atom stereocenters. The van der Waals surface area contributed by atoms with Crippen molar-refractivity contribution in [1.82, 2.24) is 19.8 Å². The number of hydrogen-bond donors (Lipinski definition) is 1. The summed E-state index contributed by atoms with van der Waals surface area (Å²) in [5.41, 5.74) is 1.88. The summed E-state index contributed by atoms with van der Waals surface area (Å²) >= 11 is 0. The third-order valence-corrected chi connectivity index (χ3v) is 5.07. The predicted octanol–water partition coefficient (Wildman–Crippen LogP) is 3.29. The van der Waals surface area contributed by atoms with Gasteiger partial charge in [-0.1, -0.05) is 0 Å². The number of carbonyl (C=O) groups excluding carboxylic acids is 1. The van der Waals surface area contributed by atoms with E-state index in [1.807, 2.05) is 34.8 Å². The van der Waals surface area contributed by atoms with Gasteiger partial charge in [-0.15, -0.1) is 24.8 Å². The summed E-state index contributed by atoms with van der Waals surface area (Å²) < 4.78 is 1.99. The highest BCUT2D eigenvalue weighted by molar-refractivity contribution is 5.95. The van der Waals surface area contributed by atoms with Crippen molar-refractivity contribution in [3.8, 4) is 0 Å². The van der Waals surface area contributed by atoms with Crippen LogP contribution in [0.4, 0.5) is 5.69 Å². The third-order valence-electron chi connectivity index (χ3n) is 5.07. The van der Waals surface area contributed by atoms with Crippen molar-refractivity contribution in [3.05, 3.63) is 48.0 Å². The third kappa shape index (κ3) is 4.99. The normalized spacial score (nSPS) is 16.3. The lowest BCUT2D eigenvalue weighted by Crippen LogP contribution is -2.49. The van der Waals surface area contributed by atoms with E-state index in [0.29, 0.717) is 12.6 Å². The summed E-state index contributed by atoms with van der Waals surface area (Å²) in [6, 6.07) is 8.38. The molecule has 3 rings (SSSR count). The predicted molar refractivity (Wildman–Crippen MR) is 119 cm³/mol. The Morgan fingerprint density at radius 3 is 2.50 bits per heavy atom. The quantitative estimate of drug-likeness (QED) is 0.794. The molecule has 1 aliphatic rings. The van der Waals surface area contributed by atoms with E-state index in [1.54, 1.807) is 6.20 Å². The molecular weight excluding hydrogens is 397 g/mol. The van der Waals surface area contributed by atoms with Gasteiger partial charge in [0.15, 0.2) is 0 Å². The maximum atomic E-state index is 13.1. The Labute approximate surface area is 180 Å². The van der Waals surface area contributed by atoms with E-state index >= 15 is 0 Å². The van der Waals surface area contributed by atoms with Crippen molar-refractivity contribution in [3.63, 3.8) is 0 Å². The monoisotopic (exact) mass is 427 g/mol. The van der Waals surface area contributed by atoms with Gasteiger partial charge in [0.1, 0.15) is 11.9 Å². The fourth-order valence-electron chi connectivity index (χ4n) is 3.68. The minimum atomic E-state index is -0.0428. The molecule has 1 N–H and O–H groups in total. The highest BCUT2D eigenvalue weighted by Gasteiger charge is 2.31. The van der Waals surface area contributed by atoms with Gasteiger partial charge < -0.3 is 19.7 Å². The van der Waals surface area contributed by atoms with Crippen LogP contribution in [-0.2, 0) is 7.05 Å². The molecule has 1 amide bonds. The van der Waals surface area contributed by atoms with E-state index in [1.165, 1.54) is 0 Å². The Bertz CT molecular complexity index is 747. The van der Waals surface area contributed by atoms with Crippen molar-refractivity contribution >= 4 is 36.4 Å². The van der Waals surface area contributed by atoms with Crippen molar-refractivity contribution < 1.29 is 4.79 Å². The molecule has 0 radical (unpaired) electrons. The lowest BCUT2D eigenvalue weighted by molar-refractivity contribution is 0.0621.